The van der Waals surface area contributed by atoms with Gasteiger partial charge in [0.2, 0.25) is 0 Å². The molecule has 0 spiro atoms. The molecule has 0 saturated heterocycles. The minimum atomic E-state index is -3.31. The Bertz CT molecular complexity index is 601. The topological polar surface area (TPSA) is 70.0 Å². The van der Waals surface area contributed by atoms with Crippen molar-refractivity contribution in [2.45, 2.75) is 37.1 Å². The maximum absolute atomic E-state index is 12.2. The van der Waals surface area contributed by atoms with E-state index in [2.05, 4.69) is 12.2 Å². The Kier molecular flexibility index (Phi) is 4.79. The summed E-state index contributed by atoms with van der Waals surface area (Å²) in [6, 6.07) is 8.52. The third-order valence-electron chi connectivity index (χ3n) is 3.57. The van der Waals surface area contributed by atoms with Gasteiger partial charge in [-0.1, -0.05) is 18.9 Å². The molecule has 1 N–H and O–H groups in total. The molecule has 2 rings (SSSR count). The molecule has 1 unspecified atom stereocenters. The fourth-order valence-corrected chi connectivity index (χ4v) is 3.47. The molecular weight excluding hydrogens is 272 g/mol. The Morgan fingerprint density at radius 1 is 1.45 bits per heavy atom. The highest BCUT2D eigenvalue weighted by Crippen LogP contribution is 2.33. The van der Waals surface area contributed by atoms with Crippen LogP contribution in [0.15, 0.2) is 29.2 Å². The maximum atomic E-state index is 12.2. The summed E-state index contributed by atoms with van der Waals surface area (Å²) in [5.74, 6) is 0.901. The Morgan fingerprint density at radius 3 is 2.85 bits per heavy atom. The second kappa shape index (κ2) is 6.38. The Morgan fingerprint density at radius 2 is 2.20 bits per heavy atom. The quantitative estimate of drug-likeness (QED) is 0.835. The molecule has 1 atom stereocenters. The average molecular weight is 292 g/mol. The Balaban J connectivity index is 1.88. The molecule has 0 amide bonds. The Labute approximate surface area is 120 Å². The number of hydrogen-bond acceptors (Lipinski definition) is 4. The van der Waals surface area contributed by atoms with Gasteiger partial charge in [0.25, 0.3) is 0 Å². The second-order valence-corrected chi connectivity index (χ2v) is 7.60. The highest BCUT2D eigenvalue weighted by molar-refractivity contribution is 7.91. The molecule has 5 heteroatoms. The summed E-state index contributed by atoms with van der Waals surface area (Å²) in [5.41, 5.74) is 0.376. The first kappa shape index (κ1) is 15.0. The number of nitrogens with one attached hydrogen (secondary N) is 1. The predicted molar refractivity (Wildman–Crippen MR) is 78.0 cm³/mol. The second-order valence-electron chi connectivity index (χ2n) is 5.49. The predicted octanol–water partition coefficient (Wildman–Crippen LogP) is 2.11. The van der Waals surface area contributed by atoms with Gasteiger partial charge in [-0.25, -0.2) is 8.42 Å². The van der Waals surface area contributed by atoms with Crippen molar-refractivity contribution in [3.63, 3.8) is 0 Å². The minimum Gasteiger partial charge on any atom is -0.313 e. The lowest BCUT2D eigenvalue weighted by Crippen LogP contribution is -2.31. The van der Waals surface area contributed by atoms with E-state index in [1.54, 1.807) is 18.2 Å². The number of rotatable bonds is 7. The summed E-state index contributed by atoms with van der Waals surface area (Å²) in [5, 5.41) is 12.1. The first-order valence-corrected chi connectivity index (χ1v) is 8.63. The molecule has 1 aromatic rings. The lowest BCUT2D eigenvalue weighted by atomic mass is 10.2. The molecule has 0 bridgehead atoms. The van der Waals surface area contributed by atoms with Crippen molar-refractivity contribution in [1.82, 2.24) is 5.32 Å². The molecule has 0 radical (unpaired) electrons. The van der Waals surface area contributed by atoms with E-state index in [0.29, 0.717) is 18.2 Å². The van der Waals surface area contributed by atoms with Crippen LogP contribution in [0.2, 0.25) is 0 Å². The molecular formula is C15H20N2O2S. The van der Waals surface area contributed by atoms with E-state index in [1.807, 2.05) is 6.07 Å². The molecule has 1 aliphatic rings. The highest BCUT2D eigenvalue weighted by Gasteiger charge is 2.23. The van der Waals surface area contributed by atoms with E-state index in [4.69, 9.17) is 5.26 Å². The van der Waals surface area contributed by atoms with Gasteiger partial charge in [0, 0.05) is 12.6 Å². The van der Waals surface area contributed by atoms with Gasteiger partial charge in [-0.3, -0.25) is 0 Å². The third kappa shape index (κ3) is 4.32. The normalized spacial score (nSPS) is 16.6. The van der Waals surface area contributed by atoms with Crippen LogP contribution in [-0.4, -0.2) is 26.8 Å². The monoisotopic (exact) mass is 292 g/mol. The van der Waals surface area contributed by atoms with Gasteiger partial charge in [-0.05, 0) is 37.5 Å². The van der Waals surface area contributed by atoms with Crippen molar-refractivity contribution in [2.75, 3.05) is 12.3 Å². The van der Waals surface area contributed by atoms with Crippen LogP contribution >= 0.6 is 0 Å². The van der Waals surface area contributed by atoms with Gasteiger partial charge in [0.05, 0.1) is 22.3 Å². The van der Waals surface area contributed by atoms with Gasteiger partial charge in [-0.15, -0.1) is 0 Å². The van der Waals surface area contributed by atoms with Crippen molar-refractivity contribution in [3.05, 3.63) is 29.8 Å². The third-order valence-corrected chi connectivity index (χ3v) is 5.28. The van der Waals surface area contributed by atoms with E-state index in [0.717, 1.165) is 12.3 Å². The van der Waals surface area contributed by atoms with E-state index >= 15 is 0 Å². The van der Waals surface area contributed by atoms with Crippen LogP contribution in [0.4, 0.5) is 0 Å². The standard InChI is InChI=1S/C15H20N2O2S/c1-12(9-13-5-6-13)17-7-8-20(18,19)15-4-2-3-14(10-15)11-16/h2-4,10,12-13,17H,5-9H2,1H3. The highest BCUT2D eigenvalue weighted by atomic mass is 32.2. The van der Waals surface area contributed by atoms with Crippen LogP contribution < -0.4 is 5.32 Å². The molecule has 1 aliphatic carbocycles. The van der Waals surface area contributed by atoms with Crippen LogP contribution in [0, 0.1) is 17.2 Å². The fraction of sp³-hybridized carbons (Fsp3) is 0.533. The van der Waals surface area contributed by atoms with E-state index in [9.17, 15) is 8.42 Å². The SMILES string of the molecule is CC(CC1CC1)NCCS(=O)(=O)c1cccc(C#N)c1. The summed E-state index contributed by atoms with van der Waals surface area (Å²) in [4.78, 5) is 0.230. The first-order chi connectivity index (χ1) is 9.51. The van der Waals surface area contributed by atoms with Gasteiger partial charge < -0.3 is 5.32 Å². The molecule has 20 heavy (non-hydrogen) atoms. The summed E-state index contributed by atoms with van der Waals surface area (Å²) in [6.07, 6.45) is 3.75. The van der Waals surface area contributed by atoms with Gasteiger partial charge >= 0.3 is 0 Å². The zero-order valence-electron chi connectivity index (χ0n) is 11.7. The molecule has 0 heterocycles. The molecule has 1 aromatic carbocycles. The van der Waals surface area contributed by atoms with Crippen molar-refractivity contribution in [3.8, 4) is 6.07 Å². The zero-order valence-corrected chi connectivity index (χ0v) is 12.5. The number of nitriles is 1. The molecule has 1 saturated carbocycles. The van der Waals surface area contributed by atoms with Crippen LogP contribution in [0.3, 0.4) is 0 Å². The lowest BCUT2D eigenvalue weighted by molar-refractivity contribution is 0.499. The first-order valence-electron chi connectivity index (χ1n) is 6.97. The number of benzene rings is 1. The zero-order chi connectivity index (χ0) is 14.6. The van der Waals surface area contributed by atoms with E-state index in [1.165, 1.54) is 18.9 Å². The van der Waals surface area contributed by atoms with Crippen LogP contribution in [-0.2, 0) is 9.84 Å². The fourth-order valence-electron chi connectivity index (χ4n) is 2.25. The lowest BCUT2D eigenvalue weighted by Gasteiger charge is -2.13. The molecule has 0 aromatic heterocycles. The van der Waals surface area contributed by atoms with Gasteiger partial charge in [0.15, 0.2) is 9.84 Å². The Hall–Kier alpha value is -1.38. The van der Waals surface area contributed by atoms with Crippen molar-refractivity contribution in [2.24, 2.45) is 5.92 Å². The summed E-state index contributed by atoms with van der Waals surface area (Å²) >= 11 is 0. The number of hydrogen-bond donors (Lipinski definition) is 1. The summed E-state index contributed by atoms with van der Waals surface area (Å²) in [6.45, 7) is 2.55. The van der Waals surface area contributed by atoms with Crippen molar-refractivity contribution in [1.29, 1.82) is 5.26 Å². The number of nitrogens with zero attached hydrogens (tertiary/aromatic N) is 1. The van der Waals surface area contributed by atoms with Crippen molar-refractivity contribution >= 4 is 9.84 Å². The summed E-state index contributed by atoms with van der Waals surface area (Å²) < 4.78 is 24.3. The van der Waals surface area contributed by atoms with Crippen LogP contribution in [0.5, 0.6) is 0 Å². The number of sulfone groups is 1. The molecule has 0 aliphatic heterocycles. The van der Waals surface area contributed by atoms with Crippen LogP contribution in [0.25, 0.3) is 0 Å². The van der Waals surface area contributed by atoms with E-state index in [-0.39, 0.29) is 10.6 Å². The van der Waals surface area contributed by atoms with E-state index < -0.39 is 9.84 Å². The molecule has 1 fully saturated rings. The van der Waals surface area contributed by atoms with Crippen molar-refractivity contribution < 1.29 is 8.42 Å². The van der Waals surface area contributed by atoms with Gasteiger partial charge in [-0.2, -0.15) is 5.26 Å². The molecule has 4 nitrogen and oxygen atoms in total. The maximum Gasteiger partial charge on any atom is 0.179 e. The molecule has 108 valence electrons. The minimum absolute atomic E-state index is 0.0664. The largest absolute Gasteiger partial charge is 0.313 e. The van der Waals surface area contributed by atoms with Gasteiger partial charge in [0.1, 0.15) is 0 Å². The average Bonchev–Trinajstić information content (AvgIpc) is 3.22. The summed E-state index contributed by atoms with van der Waals surface area (Å²) in [7, 11) is -3.31. The van der Waals surface area contributed by atoms with Crippen LogP contribution in [0.1, 0.15) is 31.7 Å². The smallest absolute Gasteiger partial charge is 0.179 e.